The topological polar surface area (TPSA) is 193 Å². The Kier molecular flexibility index (Phi) is 17.1. The number of nitrogen functional groups attached to an aromatic ring is 1. The van der Waals surface area contributed by atoms with Gasteiger partial charge in [0.05, 0.1) is 30.0 Å². The summed E-state index contributed by atoms with van der Waals surface area (Å²) in [5.74, 6) is -3.30. The van der Waals surface area contributed by atoms with E-state index in [1.807, 2.05) is 89.3 Å². The Bertz CT molecular complexity index is 2130. The van der Waals surface area contributed by atoms with Crippen molar-refractivity contribution in [3.63, 3.8) is 0 Å². The molecule has 3 saturated heterocycles. The SMILES string of the molecule is CC[C@H]1OC(=O)[C@H](C)C(=O)[C@H](C)[C@@H](O[C@@H]2O[C@H](C)CC(N(C)C)[C@H]2O)[C@](C)(OC)C[C@@H](C)CN[C@H](Cc2cccc(Br)c2)[C@H]2N(CCCCn3cc(-c4cccc(N)c4)nn3)C(=O)O[C@]12C. The van der Waals surface area contributed by atoms with Crippen molar-refractivity contribution in [2.45, 2.75) is 154 Å². The molecule has 0 radical (unpaired) electrons. The highest BCUT2D eigenvalue weighted by Crippen LogP contribution is 2.41. The average molecular weight is 983 g/mol. The lowest BCUT2D eigenvalue weighted by atomic mass is 9.78. The molecule has 13 atom stereocenters. The van der Waals surface area contributed by atoms with Crippen LogP contribution in [0.1, 0.15) is 86.1 Å². The van der Waals surface area contributed by atoms with Gasteiger partial charge in [-0.1, -0.05) is 66.2 Å². The molecular formula is C49H72BrN7O9. The number of nitrogens with one attached hydrogen (secondary N) is 1. The molecule has 3 aliphatic rings. The molecular weight excluding hydrogens is 910 g/mol. The zero-order valence-corrected chi connectivity index (χ0v) is 41.9. The molecule has 4 heterocycles. The van der Waals surface area contributed by atoms with E-state index in [9.17, 15) is 19.5 Å². The van der Waals surface area contributed by atoms with E-state index in [1.54, 1.807) is 30.5 Å². The molecule has 2 aromatic carbocycles. The Balaban J connectivity index is 1.33. The molecule has 16 nitrogen and oxygen atoms in total. The summed E-state index contributed by atoms with van der Waals surface area (Å²) in [5.41, 5.74) is 6.87. The number of carbonyl (C=O) groups is 3. The first-order chi connectivity index (χ1) is 31.3. The summed E-state index contributed by atoms with van der Waals surface area (Å²) < 4.78 is 34.8. The van der Waals surface area contributed by atoms with Crippen LogP contribution in [0.3, 0.4) is 0 Å². The molecule has 1 aromatic heterocycles. The van der Waals surface area contributed by atoms with Crippen LogP contribution in [0.15, 0.2) is 59.2 Å². The molecule has 1 unspecified atom stereocenters. The maximum Gasteiger partial charge on any atom is 0.410 e. The first-order valence-corrected chi connectivity index (χ1v) is 24.3. The maximum absolute atomic E-state index is 14.6. The zero-order valence-electron chi connectivity index (χ0n) is 40.3. The van der Waals surface area contributed by atoms with E-state index < -0.39 is 71.5 Å². The van der Waals surface area contributed by atoms with Crippen LogP contribution in [0.2, 0.25) is 0 Å². The van der Waals surface area contributed by atoms with Crippen molar-refractivity contribution in [3.8, 4) is 11.3 Å². The van der Waals surface area contributed by atoms with Gasteiger partial charge in [0.2, 0.25) is 0 Å². The molecule has 66 heavy (non-hydrogen) atoms. The van der Waals surface area contributed by atoms with Gasteiger partial charge in [-0.05, 0) is 123 Å². The number of Topliss-reactive ketones (excluding diaryl/α,β-unsaturated/α-hetero) is 1. The van der Waals surface area contributed by atoms with E-state index in [4.69, 9.17) is 29.4 Å². The summed E-state index contributed by atoms with van der Waals surface area (Å²) in [6.45, 7) is 14.4. The summed E-state index contributed by atoms with van der Waals surface area (Å²) in [4.78, 5) is 47.0. The molecule has 1 amide bonds. The number of cyclic esters (lactones) is 1. The Labute approximate surface area is 398 Å². The van der Waals surface area contributed by atoms with E-state index in [1.165, 1.54) is 0 Å². The quantitative estimate of drug-likeness (QED) is 0.0751. The van der Waals surface area contributed by atoms with Crippen molar-refractivity contribution in [2.24, 2.45) is 17.8 Å². The molecule has 0 saturated carbocycles. The molecule has 0 bridgehead atoms. The van der Waals surface area contributed by atoms with Crippen molar-refractivity contribution in [2.75, 3.05) is 40.0 Å². The van der Waals surface area contributed by atoms with Crippen LogP contribution >= 0.6 is 15.9 Å². The molecule has 3 fully saturated rings. The predicted octanol–water partition coefficient (Wildman–Crippen LogP) is 6.27. The van der Waals surface area contributed by atoms with Gasteiger partial charge in [0.15, 0.2) is 17.7 Å². The second-order valence-electron chi connectivity index (χ2n) is 19.4. The number of unbranched alkanes of at least 4 members (excludes halogenated alkanes) is 1. The standard InChI is InChI=1S/C49H72BrN7O9/c1-11-40-49(7)43(57(47(61)66-49)21-13-12-20-56-28-38(53-54-56)34-17-15-19-36(51)25-34)37(24-33-16-14-18-35(50)23-33)52-27-29(2)26-48(6,62-10)44(31(4)41(58)32(5)45(60)64-40)65-46-42(59)39(55(8)9)22-30(3)63-46/h14-19,23,25,28-32,37,39-40,42-44,46,52,59H,11-13,20-22,24,26-27,51H2,1-10H3/t29-,30-,31+,32-,37-,39?,40-,42-,43-,44-,46+,48-,49-/m1/s1. The number of halogens is 1. The lowest BCUT2D eigenvalue weighted by Gasteiger charge is -2.46. The van der Waals surface area contributed by atoms with Crippen LogP contribution in [0.4, 0.5) is 10.5 Å². The van der Waals surface area contributed by atoms with Gasteiger partial charge in [0.1, 0.15) is 23.8 Å². The van der Waals surface area contributed by atoms with Crippen LogP contribution < -0.4 is 11.1 Å². The molecule has 3 aliphatic heterocycles. The van der Waals surface area contributed by atoms with Crippen molar-refractivity contribution in [1.82, 2.24) is 30.1 Å². The van der Waals surface area contributed by atoms with Gasteiger partial charge in [0.25, 0.3) is 0 Å². The van der Waals surface area contributed by atoms with Gasteiger partial charge in [-0.25, -0.2) is 4.79 Å². The smallest absolute Gasteiger partial charge is 0.410 e. The van der Waals surface area contributed by atoms with E-state index in [-0.39, 0.29) is 24.1 Å². The van der Waals surface area contributed by atoms with Gasteiger partial charge in [0, 0.05) is 53.9 Å². The monoisotopic (exact) mass is 981 g/mol. The number of rotatable bonds is 13. The number of nitrogens with two attached hydrogens (primary N) is 1. The highest BCUT2D eigenvalue weighted by molar-refractivity contribution is 9.10. The van der Waals surface area contributed by atoms with Gasteiger partial charge in [-0.15, -0.1) is 5.10 Å². The van der Waals surface area contributed by atoms with Crippen LogP contribution in [0.25, 0.3) is 11.3 Å². The third kappa shape index (κ3) is 11.6. The minimum absolute atomic E-state index is 0.0703. The number of likely N-dealkylation sites (N-methyl/N-ethyl adjacent to an activating group) is 1. The van der Waals surface area contributed by atoms with Crippen LogP contribution in [-0.2, 0) is 46.2 Å². The minimum Gasteiger partial charge on any atom is -0.458 e. The number of ether oxygens (including phenoxy) is 5. The van der Waals surface area contributed by atoms with Gasteiger partial charge in [-0.2, -0.15) is 0 Å². The summed E-state index contributed by atoms with van der Waals surface area (Å²) in [5, 5.41) is 24.1. The molecule has 6 rings (SSSR count). The van der Waals surface area contributed by atoms with E-state index in [0.29, 0.717) is 63.8 Å². The van der Waals surface area contributed by atoms with Crippen molar-refractivity contribution >= 4 is 39.5 Å². The van der Waals surface area contributed by atoms with E-state index in [0.717, 1.165) is 21.3 Å². The Morgan fingerprint density at radius 1 is 1.05 bits per heavy atom. The average Bonchev–Trinajstić information content (AvgIpc) is 3.85. The van der Waals surface area contributed by atoms with Gasteiger partial charge in [-0.3, -0.25) is 19.2 Å². The largest absolute Gasteiger partial charge is 0.458 e. The number of carbonyl (C=O) groups excluding carboxylic acids is 3. The number of benzene rings is 2. The summed E-state index contributed by atoms with van der Waals surface area (Å²) in [6, 6.07) is 14.3. The lowest BCUT2D eigenvalue weighted by Crippen LogP contribution is -2.62. The number of fused-ring (bicyclic) bond motifs is 1. The molecule has 0 spiro atoms. The fourth-order valence-corrected chi connectivity index (χ4v) is 10.8. The molecule has 0 aliphatic carbocycles. The first kappa shape index (κ1) is 51.4. The number of methoxy groups -OCH3 is 1. The lowest BCUT2D eigenvalue weighted by molar-refractivity contribution is -0.295. The van der Waals surface area contributed by atoms with Gasteiger partial charge >= 0.3 is 12.1 Å². The highest BCUT2D eigenvalue weighted by Gasteiger charge is 2.59. The number of nitrogens with zero attached hydrogens (tertiary/aromatic N) is 5. The fraction of sp³-hybridized carbons (Fsp3) is 0.653. The van der Waals surface area contributed by atoms with Crippen molar-refractivity contribution in [1.29, 1.82) is 0 Å². The number of aromatic nitrogens is 3. The number of anilines is 1. The second kappa shape index (κ2) is 22.0. The number of amides is 1. The zero-order chi connectivity index (χ0) is 48.1. The number of hydrogen-bond donors (Lipinski definition) is 3. The second-order valence-corrected chi connectivity index (χ2v) is 20.4. The van der Waals surface area contributed by atoms with Crippen LogP contribution in [0.5, 0.6) is 0 Å². The number of esters is 1. The molecule has 4 N–H and O–H groups in total. The Morgan fingerprint density at radius 3 is 2.45 bits per heavy atom. The molecule has 17 heteroatoms. The molecule has 364 valence electrons. The van der Waals surface area contributed by atoms with Crippen LogP contribution in [0, 0.1) is 17.8 Å². The van der Waals surface area contributed by atoms with E-state index >= 15 is 0 Å². The predicted molar refractivity (Wildman–Crippen MR) is 254 cm³/mol. The van der Waals surface area contributed by atoms with E-state index in [2.05, 4.69) is 50.6 Å². The third-order valence-corrected chi connectivity index (χ3v) is 14.5. The van der Waals surface area contributed by atoms with Crippen molar-refractivity contribution in [3.05, 3.63) is 64.8 Å². The Morgan fingerprint density at radius 2 is 1.77 bits per heavy atom. The Hall–Kier alpha value is -3.97. The molecule has 3 aromatic rings. The summed E-state index contributed by atoms with van der Waals surface area (Å²) in [7, 11) is 5.40. The number of hydrogen-bond acceptors (Lipinski definition) is 14. The number of ketones is 1. The highest BCUT2D eigenvalue weighted by atomic mass is 79.9. The fourth-order valence-electron chi connectivity index (χ4n) is 10.4. The maximum atomic E-state index is 14.6. The third-order valence-electron chi connectivity index (χ3n) is 14.0. The number of aryl methyl sites for hydroxylation is 1. The van der Waals surface area contributed by atoms with Crippen molar-refractivity contribution < 1.29 is 43.2 Å². The number of aliphatic hydroxyl groups excluding tert-OH is 1. The summed E-state index contributed by atoms with van der Waals surface area (Å²) >= 11 is 3.65. The minimum atomic E-state index is -1.32. The van der Waals surface area contributed by atoms with Crippen LogP contribution in [-0.4, -0.2) is 142 Å². The van der Waals surface area contributed by atoms with Gasteiger partial charge < -0.3 is 44.7 Å². The summed E-state index contributed by atoms with van der Waals surface area (Å²) in [6.07, 6.45) is 0.413. The first-order valence-electron chi connectivity index (χ1n) is 23.5. The number of aliphatic hydroxyl groups is 1. The normalized spacial score (nSPS) is 33.8.